The number of likely N-dealkylation sites (N-methyl/N-ethyl adjacent to an activating group) is 1. The third-order valence-corrected chi connectivity index (χ3v) is 8.16. The molecule has 9 heteroatoms. The van der Waals surface area contributed by atoms with E-state index in [-0.39, 0.29) is 30.6 Å². The van der Waals surface area contributed by atoms with Gasteiger partial charge in [0, 0.05) is 38.2 Å². The van der Waals surface area contributed by atoms with Gasteiger partial charge in [-0.2, -0.15) is 0 Å². The van der Waals surface area contributed by atoms with E-state index in [4.69, 9.17) is 9.47 Å². The maximum absolute atomic E-state index is 12.0. The van der Waals surface area contributed by atoms with Crippen LogP contribution in [-0.4, -0.2) is 59.0 Å². The van der Waals surface area contributed by atoms with Crippen LogP contribution in [0.1, 0.15) is 59.7 Å². The first-order valence-electron chi connectivity index (χ1n) is 15.7. The van der Waals surface area contributed by atoms with E-state index < -0.39 is 12.4 Å². The number of carbonyl (C=O) groups excluding carboxylic acids is 1. The molecule has 4 aromatic rings. The molecule has 0 spiro atoms. The second-order valence-electron chi connectivity index (χ2n) is 11.7. The Bertz CT molecular complexity index is 1560. The van der Waals surface area contributed by atoms with Crippen LogP contribution in [0.5, 0.6) is 5.75 Å². The lowest BCUT2D eigenvalue weighted by molar-refractivity contribution is -0.252. The molecular weight excluding hydrogens is 582 g/mol. The highest BCUT2D eigenvalue weighted by molar-refractivity contribution is 5.74. The number of hydrogen-bond donors (Lipinski definition) is 5. The minimum Gasteiger partial charge on any atom is -0.508 e. The molecule has 46 heavy (non-hydrogen) atoms. The Morgan fingerprint density at radius 1 is 0.935 bits per heavy atom. The molecule has 5 rings (SSSR count). The normalized spacial score (nSPS) is 18.7. The number of benzene rings is 4. The van der Waals surface area contributed by atoms with Crippen molar-refractivity contribution in [1.82, 2.24) is 15.5 Å². The fraction of sp³-hybridized carbons (Fsp3) is 0.324. The van der Waals surface area contributed by atoms with E-state index in [0.717, 1.165) is 33.4 Å². The van der Waals surface area contributed by atoms with Crippen LogP contribution in [0.3, 0.4) is 0 Å². The standard InChI is InChI=1S/C37H43N3O6/c1-3-38-37(44)39-21-30-7-4-5-10-33(30)26-15-17-28(18-16-26)36-45-32(20-35(46-36)27-13-11-25(24-41)12-14-27)22-40(2)23-34(43)29-8-6-9-31(42)19-29/h4-19,32,34-36,41-43H,3,20-24H2,1-2H3,(H2,38,39,44)/t32-,34-,35+,36+/m1/s1. The molecule has 1 aliphatic heterocycles. The summed E-state index contributed by atoms with van der Waals surface area (Å²) < 4.78 is 13.1. The molecule has 1 saturated heterocycles. The lowest BCUT2D eigenvalue weighted by Gasteiger charge is -2.38. The summed E-state index contributed by atoms with van der Waals surface area (Å²) in [6.45, 7) is 3.76. The summed E-state index contributed by atoms with van der Waals surface area (Å²) in [5.41, 5.74) is 6.43. The van der Waals surface area contributed by atoms with Gasteiger partial charge in [-0.15, -0.1) is 0 Å². The van der Waals surface area contributed by atoms with Crippen LogP contribution in [0, 0.1) is 0 Å². The lowest BCUT2D eigenvalue weighted by Crippen LogP contribution is -2.39. The van der Waals surface area contributed by atoms with E-state index in [1.54, 1.807) is 24.3 Å². The van der Waals surface area contributed by atoms with E-state index in [1.165, 1.54) is 0 Å². The molecule has 242 valence electrons. The Hall–Kier alpha value is -4.25. The number of nitrogens with one attached hydrogen (secondary N) is 2. The van der Waals surface area contributed by atoms with Crippen LogP contribution in [0.25, 0.3) is 11.1 Å². The number of hydrogen-bond acceptors (Lipinski definition) is 7. The lowest BCUT2D eigenvalue weighted by atomic mass is 9.97. The van der Waals surface area contributed by atoms with E-state index >= 15 is 0 Å². The first-order valence-corrected chi connectivity index (χ1v) is 15.7. The van der Waals surface area contributed by atoms with Gasteiger partial charge in [-0.25, -0.2) is 4.79 Å². The van der Waals surface area contributed by atoms with Crippen LogP contribution in [0.4, 0.5) is 4.79 Å². The highest BCUT2D eigenvalue weighted by atomic mass is 16.7. The summed E-state index contributed by atoms with van der Waals surface area (Å²) in [5.74, 6) is 0.121. The van der Waals surface area contributed by atoms with Gasteiger partial charge in [0.05, 0.1) is 24.9 Å². The summed E-state index contributed by atoms with van der Waals surface area (Å²) in [5, 5.41) is 35.8. The summed E-state index contributed by atoms with van der Waals surface area (Å²) in [6.07, 6.45) is -1.19. The molecule has 5 N–H and O–H groups in total. The molecule has 1 heterocycles. The van der Waals surface area contributed by atoms with Gasteiger partial charge in [0.15, 0.2) is 6.29 Å². The summed E-state index contributed by atoms with van der Waals surface area (Å²) in [7, 11) is 1.94. The van der Waals surface area contributed by atoms with Gasteiger partial charge in [0.2, 0.25) is 0 Å². The Morgan fingerprint density at radius 3 is 2.39 bits per heavy atom. The first kappa shape index (κ1) is 33.1. The fourth-order valence-electron chi connectivity index (χ4n) is 5.76. The van der Waals surface area contributed by atoms with Crippen molar-refractivity contribution in [2.24, 2.45) is 0 Å². The first-order chi connectivity index (χ1) is 22.3. The van der Waals surface area contributed by atoms with Crippen molar-refractivity contribution >= 4 is 6.03 Å². The maximum atomic E-state index is 12.0. The molecule has 4 aromatic carbocycles. The Balaban J connectivity index is 1.32. The number of urea groups is 1. The number of amides is 2. The van der Waals surface area contributed by atoms with Crippen molar-refractivity contribution in [3.8, 4) is 16.9 Å². The number of ether oxygens (including phenoxy) is 2. The molecule has 2 amide bonds. The quantitative estimate of drug-likeness (QED) is 0.139. The fourth-order valence-corrected chi connectivity index (χ4v) is 5.76. The third-order valence-electron chi connectivity index (χ3n) is 8.16. The van der Waals surface area contributed by atoms with Crippen LogP contribution < -0.4 is 10.6 Å². The number of phenolic OH excluding ortho intramolecular Hbond substituents is 1. The van der Waals surface area contributed by atoms with Gasteiger partial charge in [0.25, 0.3) is 0 Å². The molecule has 1 aliphatic rings. The highest BCUT2D eigenvalue weighted by Gasteiger charge is 2.33. The molecule has 1 fully saturated rings. The minimum atomic E-state index is -0.763. The Morgan fingerprint density at radius 2 is 1.67 bits per heavy atom. The van der Waals surface area contributed by atoms with Crippen LogP contribution >= 0.6 is 0 Å². The summed E-state index contributed by atoms with van der Waals surface area (Å²) in [6, 6.07) is 30.4. The van der Waals surface area contributed by atoms with Crippen LogP contribution in [0.15, 0.2) is 97.1 Å². The van der Waals surface area contributed by atoms with Crippen molar-refractivity contribution in [2.45, 2.75) is 51.1 Å². The van der Waals surface area contributed by atoms with Crippen molar-refractivity contribution in [3.05, 3.63) is 125 Å². The smallest absolute Gasteiger partial charge is 0.315 e. The van der Waals surface area contributed by atoms with E-state index in [1.807, 2.05) is 91.7 Å². The van der Waals surface area contributed by atoms with E-state index in [2.05, 4.69) is 10.6 Å². The molecule has 0 aliphatic carbocycles. The summed E-state index contributed by atoms with van der Waals surface area (Å²) >= 11 is 0. The largest absolute Gasteiger partial charge is 0.508 e. The average Bonchev–Trinajstić information content (AvgIpc) is 3.07. The van der Waals surface area contributed by atoms with Crippen molar-refractivity contribution in [2.75, 3.05) is 26.7 Å². The Kier molecular flexibility index (Phi) is 11.4. The molecule has 0 aromatic heterocycles. The highest BCUT2D eigenvalue weighted by Crippen LogP contribution is 2.39. The Labute approximate surface area is 270 Å². The minimum absolute atomic E-state index is 0.0239. The zero-order chi connectivity index (χ0) is 32.5. The van der Waals surface area contributed by atoms with E-state index in [9.17, 15) is 20.1 Å². The number of nitrogens with zero attached hydrogens (tertiary/aromatic N) is 1. The van der Waals surface area contributed by atoms with Crippen molar-refractivity contribution < 1.29 is 29.6 Å². The van der Waals surface area contributed by atoms with Gasteiger partial charge < -0.3 is 40.3 Å². The monoisotopic (exact) mass is 625 g/mol. The molecule has 0 unspecified atom stereocenters. The van der Waals surface area contributed by atoms with Gasteiger partial charge in [0.1, 0.15) is 5.75 Å². The second kappa shape index (κ2) is 15.8. The summed E-state index contributed by atoms with van der Waals surface area (Å²) in [4.78, 5) is 14.0. The number of rotatable bonds is 12. The van der Waals surface area contributed by atoms with Crippen LogP contribution in [0.2, 0.25) is 0 Å². The predicted molar refractivity (Wildman–Crippen MR) is 177 cm³/mol. The van der Waals surface area contributed by atoms with Gasteiger partial charge in [-0.3, -0.25) is 0 Å². The molecule has 4 atom stereocenters. The zero-order valence-corrected chi connectivity index (χ0v) is 26.3. The second-order valence-corrected chi connectivity index (χ2v) is 11.7. The number of aromatic hydroxyl groups is 1. The zero-order valence-electron chi connectivity index (χ0n) is 26.3. The number of phenols is 1. The SMILES string of the molecule is CCNC(=O)NCc1ccccc1-c1ccc([C@H]2O[C@@H](CN(C)C[C@@H](O)c3cccc(O)c3)C[C@@H](c3ccc(CO)cc3)O2)cc1. The molecule has 0 radical (unpaired) electrons. The van der Waals surface area contributed by atoms with Crippen LogP contribution in [-0.2, 0) is 22.6 Å². The third kappa shape index (κ3) is 8.72. The van der Waals surface area contributed by atoms with Gasteiger partial charge in [-0.05, 0) is 59.5 Å². The predicted octanol–water partition coefficient (Wildman–Crippen LogP) is 5.58. The van der Waals surface area contributed by atoms with Crippen molar-refractivity contribution in [3.63, 3.8) is 0 Å². The number of aliphatic hydroxyl groups excluding tert-OH is 2. The van der Waals surface area contributed by atoms with Crippen molar-refractivity contribution in [1.29, 1.82) is 0 Å². The van der Waals surface area contributed by atoms with E-state index in [0.29, 0.717) is 38.2 Å². The molecule has 0 saturated carbocycles. The molecular formula is C37H43N3O6. The molecule has 9 nitrogen and oxygen atoms in total. The average molecular weight is 626 g/mol. The maximum Gasteiger partial charge on any atom is 0.315 e. The number of aliphatic hydroxyl groups is 2. The number of carbonyl (C=O) groups is 1. The van der Waals surface area contributed by atoms with Gasteiger partial charge in [-0.1, -0.05) is 84.9 Å². The molecule has 0 bridgehead atoms. The topological polar surface area (TPSA) is 124 Å². The van der Waals surface area contributed by atoms with Gasteiger partial charge >= 0.3 is 6.03 Å².